The molecule has 0 aliphatic carbocycles. The quantitative estimate of drug-likeness (QED) is 0.127. The van der Waals surface area contributed by atoms with E-state index in [1.807, 2.05) is 0 Å². The van der Waals surface area contributed by atoms with E-state index in [1.54, 1.807) is 0 Å². The Morgan fingerprint density at radius 2 is 0.463 bits per heavy atom. The van der Waals surface area contributed by atoms with Gasteiger partial charge in [0.2, 0.25) is 0 Å². The van der Waals surface area contributed by atoms with Crippen LogP contribution in [-0.2, 0) is 0 Å². The number of nitrogens with zero attached hydrogens (tertiary/aromatic N) is 2. The Labute approximate surface area is 468 Å². The summed E-state index contributed by atoms with van der Waals surface area (Å²) in [7, 11) is 0. The summed E-state index contributed by atoms with van der Waals surface area (Å²) >= 11 is 0. The van der Waals surface area contributed by atoms with Crippen LogP contribution in [0.15, 0.2) is 303 Å². The minimum absolute atomic E-state index is 1.09. The highest BCUT2D eigenvalue weighted by molar-refractivity contribution is 6.11. The Balaban J connectivity index is 0.755. The van der Waals surface area contributed by atoms with Crippen LogP contribution in [0.5, 0.6) is 0 Å². The molecule has 14 rings (SSSR count). The number of hydrogen-bond donors (Lipinski definition) is 0. The first-order valence-electron chi connectivity index (χ1n) is 27.6. The summed E-state index contributed by atoms with van der Waals surface area (Å²) < 4.78 is 0. The fourth-order valence-corrected chi connectivity index (χ4v) is 12.1. The van der Waals surface area contributed by atoms with E-state index in [4.69, 9.17) is 0 Å². The number of hydrogen-bond acceptors (Lipinski definition) is 2. The molecule has 378 valence electrons. The molecule has 0 aromatic heterocycles. The van der Waals surface area contributed by atoms with E-state index in [0.717, 1.165) is 45.3 Å². The first-order chi connectivity index (χ1) is 39.5. The summed E-state index contributed by atoms with van der Waals surface area (Å²) in [6.07, 6.45) is 0. The third-order valence-corrected chi connectivity index (χ3v) is 16.0. The smallest absolute Gasteiger partial charge is 0.0464 e. The van der Waals surface area contributed by atoms with Crippen LogP contribution in [0.1, 0.15) is 11.1 Å². The van der Waals surface area contributed by atoms with E-state index in [0.29, 0.717) is 0 Å². The minimum atomic E-state index is 1.09. The highest BCUT2D eigenvalue weighted by atomic mass is 15.1. The molecule has 0 atom stereocenters. The molecule has 0 saturated carbocycles. The third-order valence-electron chi connectivity index (χ3n) is 16.0. The Bertz CT molecular complexity index is 4280. The Kier molecular flexibility index (Phi) is 12.4. The molecule has 0 radical (unpaired) electrons. The molecule has 14 aromatic carbocycles. The van der Waals surface area contributed by atoms with Crippen LogP contribution in [0.2, 0.25) is 0 Å². The number of anilines is 6. The maximum Gasteiger partial charge on any atom is 0.0464 e. The second kappa shape index (κ2) is 20.6. The van der Waals surface area contributed by atoms with Crippen LogP contribution in [0, 0.1) is 13.8 Å². The Morgan fingerprint density at radius 1 is 0.188 bits per heavy atom. The van der Waals surface area contributed by atoms with Crippen LogP contribution in [0.4, 0.5) is 34.1 Å². The monoisotopic (exact) mass is 1020 g/mol. The second-order valence-electron chi connectivity index (χ2n) is 21.0. The lowest BCUT2D eigenvalue weighted by atomic mass is 9.90. The summed E-state index contributed by atoms with van der Waals surface area (Å²) in [4.78, 5) is 4.72. The van der Waals surface area contributed by atoms with Gasteiger partial charge in [0.1, 0.15) is 0 Å². The van der Waals surface area contributed by atoms with Crippen molar-refractivity contribution in [2.24, 2.45) is 0 Å². The zero-order chi connectivity index (χ0) is 53.5. The topological polar surface area (TPSA) is 6.48 Å². The van der Waals surface area contributed by atoms with Crippen molar-refractivity contribution >= 4 is 77.2 Å². The Hall–Kier alpha value is -10.3. The summed E-state index contributed by atoms with van der Waals surface area (Å²) in [6.45, 7) is 4.32. The molecule has 14 aromatic rings. The lowest BCUT2D eigenvalue weighted by Crippen LogP contribution is -2.10. The molecule has 0 amide bonds. The minimum Gasteiger partial charge on any atom is -0.310 e. The van der Waals surface area contributed by atoms with E-state index in [2.05, 4.69) is 327 Å². The van der Waals surface area contributed by atoms with Gasteiger partial charge in [0.15, 0.2) is 0 Å². The Morgan fingerprint density at radius 3 is 0.825 bits per heavy atom. The van der Waals surface area contributed by atoms with E-state index in [9.17, 15) is 0 Å². The molecule has 2 heteroatoms. The standard InChI is InChI=1S/C78H56N2/c1-53-15-11-21-65(51-53)79(63-43-35-59(36-44-63)69-47-49-77(75-27-9-7-25-71(69)75)73-29-13-19-57-17-3-5-23-67(57)73)61-39-31-55(32-40-61)56-33-41-62(42-34-56)80(66-22-12-16-54(2)52-66)64-45-37-60(38-46-64)70-48-50-78(76-28-10-8-26-72(70)76)74-30-14-20-58-18-4-6-24-68(58)74/h3-52H,1-2H3. The number of rotatable bonds is 11. The van der Waals surface area contributed by atoms with Gasteiger partial charge in [-0.2, -0.15) is 0 Å². The molecule has 0 saturated heterocycles. The first kappa shape index (κ1) is 48.1. The molecule has 80 heavy (non-hydrogen) atoms. The molecule has 0 fully saturated rings. The van der Waals surface area contributed by atoms with Gasteiger partial charge in [0, 0.05) is 34.1 Å². The molecular weight excluding hydrogens is 965 g/mol. The number of fused-ring (bicyclic) bond motifs is 4. The summed E-state index contributed by atoms with van der Waals surface area (Å²) in [5.74, 6) is 0. The number of aryl methyl sites for hydroxylation is 2. The molecule has 0 heterocycles. The van der Waals surface area contributed by atoms with Crippen LogP contribution < -0.4 is 9.80 Å². The lowest BCUT2D eigenvalue weighted by Gasteiger charge is -2.27. The molecule has 0 spiro atoms. The van der Waals surface area contributed by atoms with Crippen molar-refractivity contribution in [1.29, 1.82) is 0 Å². The largest absolute Gasteiger partial charge is 0.310 e. The van der Waals surface area contributed by atoms with Crippen molar-refractivity contribution in [1.82, 2.24) is 0 Å². The van der Waals surface area contributed by atoms with Gasteiger partial charge in [-0.15, -0.1) is 0 Å². The van der Waals surface area contributed by atoms with Gasteiger partial charge in [-0.1, -0.05) is 231 Å². The average molecular weight is 1020 g/mol. The summed E-state index contributed by atoms with van der Waals surface area (Å²) in [5.41, 5.74) is 21.2. The average Bonchev–Trinajstić information content (AvgIpc) is 3.55. The second-order valence-corrected chi connectivity index (χ2v) is 21.0. The van der Waals surface area contributed by atoms with Gasteiger partial charge in [0.25, 0.3) is 0 Å². The van der Waals surface area contributed by atoms with Crippen molar-refractivity contribution in [3.05, 3.63) is 314 Å². The van der Waals surface area contributed by atoms with Crippen LogP contribution in [-0.4, -0.2) is 0 Å². The molecule has 0 bridgehead atoms. The molecular formula is C78H56N2. The highest BCUT2D eigenvalue weighted by Gasteiger charge is 2.19. The predicted molar refractivity (Wildman–Crippen MR) is 342 cm³/mol. The zero-order valence-corrected chi connectivity index (χ0v) is 44.8. The molecule has 0 aliphatic rings. The van der Waals surface area contributed by atoms with Crippen molar-refractivity contribution in [3.8, 4) is 55.6 Å². The normalized spacial score (nSPS) is 11.4. The van der Waals surface area contributed by atoms with E-state index in [-0.39, 0.29) is 0 Å². The zero-order valence-electron chi connectivity index (χ0n) is 44.8. The summed E-state index contributed by atoms with van der Waals surface area (Å²) in [6, 6.07) is 111. The maximum absolute atomic E-state index is 2.36. The fraction of sp³-hybridized carbons (Fsp3) is 0.0256. The third kappa shape index (κ3) is 8.93. The highest BCUT2D eigenvalue weighted by Crippen LogP contribution is 2.44. The van der Waals surface area contributed by atoms with Crippen LogP contribution >= 0.6 is 0 Å². The summed E-state index contributed by atoms with van der Waals surface area (Å²) in [5, 5.41) is 10.0. The SMILES string of the molecule is Cc1cccc(N(c2ccc(-c3ccc(N(c4ccc(-c5ccc(-c6cccc7ccccc67)c6ccccc56)cc4)c4cccc(C)c4)cc3)cc2)c2ccc(-c3ccc(-c4cccc5ccccc45)c4ccccc34)cc2)c1. The number of benzene rings is 14. The van der Waals surface area contributed by atoms with Crippen molar-refractivity contribution in [2.45, 2.75) is 13.8 Å². The first-order valence-corrected chi connectivity index (χ1v) is 27.6. The molecule has 0 unspecified atom stereocenters. The van der Waals surface area contributed by atoms with Crippen molar-refractivity contribution in [3.63, 3.8) is 0 Å². The van der Waals surface area contributed by atoms with Gasteiger partial charge < -0.3 is 9.80 Å². The van der Waals surface area contributed by atoms with Gasteiger partial charge in [-0.3, -0.25) is 0 Å². The van der Waals surface area contributed by atoms with Gasteiger partial charge in [-0.05, 0) is 196 Å². The fourth-order valence-electron chi connectivity index (χ4n) is 12.1. The van der Waals surface area contributed by atoms with Crippen molar-refractivity contribution in [2.75, 3.05) is 9.80 Å². The van der Waals surface area contributed by atoms with Crippen molar-refractivity contribution < 1.29 is 0 Å². The maximum atomic E-state index is 2.36. The van der Waals surface area contributed by atoms with Gasteiger partial charge >= 0.3 is 0 Å². The van der Waals surface area contributed by atoms with E-state index in [1.165, 1.54) is 98.7 Å². The van der Waals surface area contributed by atoms with Crippen LogP contribution in [0.25, 0.3) is 98.7 Å². The molecule has 0 N–H and O–H groups in total. The van der Waals surface area contributed by atoms with Gasteiger partial charge in [-0.25, -0.2) is 0 Å². The van der Waals surface area contributed by atoms with Gasteiger partial charge in [0.05, 0.1) is 0 Å². The van der Waals surface area contributed by atoms with E-state index < -0.39 is 0 Å². The molecule has 0 aliphatic heterocycles. The molecule has 2 nitrogen and oxygen atoms in total. The van der Waals surface area contributed by atoms with E-state index >= 15 is 0 Å². The lowest BCUT2D eigenvalue weighted by molar-refractivity contribution is 1.27. The predicted octanol–water partition coefficient (Wildman–Crippen LogP) is 22.2. The van der Waals surface area contributed by atoms with Crippen LogP contribution in [0.3, 0.4) is 0 Å².